The van der Waals surface area contributed by atoms with E-state index in [2.05, 4.69) is 20.7 Å². The lowest BCUT2D eigenvalue weighted by Crippen LogP contribution is -2.14. The van der Waals surface area contributed by atoms with E-state index in [1.54, 1.807) is 0 Å². The monoisotopic (exact) mass is 246 g/mol. The fourth-order valence-corrected chi connectivity index (χ4v) is 1.44. The van der Waals surface area contributed by atoms with Crippen molar-refractivity contribution in [2.45, 2.75) is 0 Å². The molecule has 0 aliphatic carbocycles. The summed E-state index contributed by atoms with van der Waals surface area (Å²) in [5, 5.41) is 12.3. The Kier molecular flexibility index (Phi) is 3.13. The number of hydrogen-bond acceptors (Lipinski definition) is 5. The van der Waals surface area contributed by atoms with Crippen molar-refractivity contribution in [2.24, 2.45) is 0 Å². The van der Waals surface area contributed by atoms with E-state index in [1.165, 1.54) is 0 Å². The molecule has 0 saturated heterocycles. The number of amides is 1. The van der Waals surface area contributed by atoms with Crippen molar-refractivity contribution in [3.05, 3.63) is 30.0 Å². The minimum Gasteiger partial charge on any atom is -0.380 e. The molecule has 2 rings (SSSR count). The maximum atomic E-state index is 11.8. The molecule has 1 amide bonds. The zero-order valence-electron chi connectivity index (χ0n) is 10.1. The minimum absolute atomic E-state index is 0.0809. The predicted octanol–water partition coefficient (Wildman–Crippen LogP) is 0.705. The van der Waals surface area contributed by atoms with Crippen LogP contribution in [0.5, 0.6) is 0 Å². The van der Waals surface area contributed by atoms with Crippen LogP contribution in [0.25, 0.3) is 0 Å². The average Bonchev–Trinajstić information content (AvgIpc) is 2.76. The summed E-state index contributed by atoms with van der Waals surface area (Å²) in [5.74, 6) is -0.309. The third-order valence-electron chi connectivity index (χ3n) is 2.43. The molecule has 0 fully saturated rings. The molecule has 1 aromatic heterocycles. The highest BCUT2D eigenvalue weighted by Gasteiger charge is 2.13. The summed E-state index contributed by atoms with van der Waals surface area (Å²) in [6, 6.07) is 7.43. The first-order valence-electron chi connectivity index (χ1n) is 5.33. The normalized spacial score (nSPS) is 10.1. The number of nitrogens with zero attached hydrogens (tertiary/aromatic N) is 3. The van der Waals surface area contributed by atoms with Gasteiger partial charge in [-0.3, -0.25) is 4.79 Å². The molecule has 0 aliphatic heterocycles. The number of carbonyl (C=O) groups excluding carboxylic acids is 1. The van der Waals surface area contributed by atoms with Crippen LogP contribution < -0.4 is 16.0 Å². The van der Waals surface area contributed by atoms with Crippen LogP contribution >= 0.6 is 0 Å². The molecular weight excluding hydrogens is 232 g/mol. The van der Waals surface area contributed by atoms with E-state index >= 15 is 0 Å². The van der Waals surface area contributed by atoms with Crippen LogP contribution in [-0.4, -0.2) is 35.4 Å². The quantitative estimate of drug-likeness (QED) is 0.740. The summed E-state index contributed by atoms with van der Waals surface area (Å²) < 4.78 is 0. The fraction of sp³-hybridized carbons (Fsp3) is 0.182. The van der Waals surface area contributed by atoms with E-state index in [-0.39, 0.29) is 17.4 Å². The fourth-order valence-electron chi connectivity index (χ4n) is 1.44. The predicted molar refractivity (Wildman–Crippen MR) is 69.5 cm³/mol. The van der Waals surface area contributed by atoms with Gasteiger partial charge in [0.15, 0.2) is 11.5 Å². The zero-order valence-corrected chi connectivity index (χ0v) is 10.1. The van der Waals surface area contributed by atoms with Crippen LogP contribution in [0.2, 0.25) is 0 Å². The highest BCUT2D eigenvalue weighted by atomic mass is 16.2. The van der Waals surface area contributed by atoms with Gasteiger partial charge < -0.3 is 16.0 Å². The lowest BCUT2D eigenvalue weighted by atomic mass is 10.2. The Morgan fingerprint density at radius 1 is 1.28 bits per heavy atom. The van der Waals surface area contributed by atoms with E-state index in [0.29, 0.717) is 5.69 Å². The van der Waals surface area contributed by atoms with Gasteiger partial charge in [-0.25, -0.2) is 0 Å². The molecule has 0 atom stereocenters. The molecule has 7 heteroatoms. The van der Waals surface area contributed by atoms with Gasteiger partial charge in [-0.05, 0) is 24.3 Å². The molecule has 0 unspecified atom stereocenters. The lowest BCUT2D eigenvalue weighted by molar-refractivity contribution is 0.102. The molecule has 0 radical (unpaired) electrons. The Balaban J connectivity index is 2.10. The second-order valence-electron chi connectivity index (χ2n) is 3.95. The number of anilines is 3. The molecule has 0 saturated carbocycles. The van der Waals surface area contributed by atoms with Crippen molar-refractivity contribution < 1.29 is 4.79 Å². The van der Waals surface area contributed by atoms with Gasteiger partial charge in [0, 0.05) is 25.5 Å². The third-order valence-corrected chi connectivity index (χ3v) is 2.43. The second kappa shape index (κ2) is 4.74. The van der Waals surface area contributed by atoms with Gasteiger partial charge in [0.2, 0.25) is 0 Å². The molecule has 1 aromatic carbocycles. The van der Waals surface area contributed by atoms with Gasteiger partial charge in [0.25, 0.3) is 5.91 Å². The van der Waals surface area contributed by atoms with Gasteiger partial charge in [0.05, 0.1) is 0 Å². The second-order valence-corrected chi connectivity index (χ2v) is 3.95. The lowest BCUT2D eigenvalue weighted by Gasteiger charge is -2.12. The Morgan fingerprint density at radius 3 is 2.44 bits per heavy atom. The number of nitrogen functional groups attached to an aromatic ring is 1. The number of H-pyrrole nitrogens is 1. The first kappa shape index (κ1) is 11.9. The Bertz CT molecular complexity index is 545. The van der Waals surface area contributed by atoms with Crippen molar-refractivity contribution >= 4 is 23.1 Å². The topological polar surface area (TPSA) is 99.9 Å². The minimum atomic E-state index is -0.390. The van der Waals surface area contributed by atoms with Crippen LogP contribution in [0, 0.1) is 0 Å². The first-order valence-corrected chi connectivity index (χ1v) is 5.33. The van der Waals surface area contributed by atoms with E-state index in [0.717, 1.165) is 5.69 Å². The number of hydrogen-bond donors (Lipinski definition) is 3. The maximum Gasteiger partial charge on any atom is 0.280 e. The van der Waals surface area contributed by atoms with Crippen LogP contribution in [0.3, 0.4) is 0 Å². The highest BCUT2D eigenvalue weighted by molar-refractivity contribution is 6.05. The molecule has 2 aromatic rings. The van der Waals surface area contributed by atoms with Crippen LogP contribution in [-0.2, 0) is 0 Å². The molecule has 0 bridgehead atoms. The Morgan fingerprint density at radius 2 is 1.94 bits per heavy atom. The molecular formula is C11H14N6O. The van der Waals surface area contributed by atoms with Gasteiger partial charge in [-0.1, -0.05) is 0 Å². The summed E-state index contributed by atoms with van der Waals surface area (Å²) in [4.78, 5) is 13.8. The van der Waals surface area contributed by atoms with Crippen molar-refractivity contribution in [2.75, 3.05) is 30.0 Å². The molecule has 94 valence electrons. The summed E-state index contributed by atoms with van der Waals surface area (Å²) in [6.45, 7) is 0. The van der Waals surface area contributed by atoms with Crippen molar-refractivity contribution in [3.63, 3.8) is 0 Å². The van der Waals surface area contributed by atoms with Gasteiger partial charge in [-0.2, -0.15) is 5.21 Å². The number of aromatic amines is 1. The molecule has 1 heterocycles. The summed E-state index contributed by atoms with van der Waals surface area (Å²) in [6.07, 6.45) is 0. The number of nitrogens with one attached hydrogen (secondary N) is 2. The number of benzene rings is 1. The average molecular weight is 246 g/mol. The van der Waals surface area contributed by atoms with Gasteiger partial charge >= 0.3 is 0 Å². The number of nitrogens with two attached hydrogens (primary N) is 1. The Labute approximate surface area is 104 Å². The van der Waals surface area contributed by atoms with Crippen LogP contribution in [0.15, 0.2) is 24.3 Å². The van der Waals surface area contributed by atoms with Crippen molar-refractivity contribution in [1.82, 2.24) is 15.4 Å². The highest BCUT2D eigenvalue weighted by Crippen LogP contribution is 2.16. The standard InChI is InChI=1S/C11H14N6O/c1-17(2)8-5-3-7(4-6-8)13-11(18)9-10(12)15-16-14-9/h3-6H,1-2H3,(H,13,18)(H3,12,14,15,16). The van der Waals surface area contributed by atoms with Crippen molar-refractivity contribution in [3.8, 4) is 0 Å². The smallest absolute Gasteiger partial charge is 0.280 e. The van der Waals surface area contributed by atoms with Crippen LogP contribution in [0.4, 0.5) is 17.2 Å². The van der Waals surface area contributed by atoms with Gasteiger partial charge in [0.1, 0.15) is 0 Å². The third kappa shape index (κ3) is 2.40. The first-order chi connectivity index (χ1) is 8.58. The number of rotatable bonds is 3. The van der Waals surface area contributed by atoms with Gasteiger partial charge in [-0.15, -0.1) is 10.2 Å². The largest absolute Gasteiger partial charge is 0.380 e. The summed E-state index contributed by atoms with van der Waals surface area (Å²) >= 11 is 0. The Hall–Kier alpha value is -2.57. The molecule has 0 spiro atoms. The number of aromatic nitrogens is 3. The van der Waals surface area contributed by atoms with E-state index in [4.69, 9.17) is 5.73 Å². The molecule has 4 N–H and O–H groups in total. The maximum absolute atomic E-state index is 11.8. The SMILES string of the molecule is CN(C)c1ccc(NC(=O)c2n[nH]nc2N)cc1. The summed E-state index contributed by atoms with van der Waals surface area (Å²) in [5.41, 5.74) is 7.30. The molecule has 0 aliphatic rings. The zero-order chi connectivity index (χ0) is 13.1. The summed E-state index contributed by atoms with van der Waals surface area (Å²) in [7, 11) is 3.90. The van der Waals surface area contributed by atoms with Crippen LogP contribution in [0.1, 0.15) is 10.5 Å². The van der Waals surface area contributed by atoms with Crippen molar-refractivity contribution in [1.29, 1.82) is 0 Å². The molecule has 7 nitrogen and oxygen atoms in total. The van der Waals surface area contributed by atoms with E-state index < -0.39 is 0 Å². The van der Waals surface area contributed by atoms with E-state index in [9.17, 15) is 4.79 Å². The molecule has 18 heavy (non-hydrogen) atoms. The number of carbonyl (C=O) groups is 1. The van der Waals surface area contributed by atoms with E-state index in [1.807, 2.05) is 43.3 Å².